The standard InChI is InChI=1S/C28H20F4N2O2/c1-14-6-26(33-12-14)20-5-4-18(22-13-34-28(36)27(20)22)19-3-2-15(8-23(19)30)7-17(35)11-21-24(31)9-16(29)10-25(21)32/h2-5,8-10,12H,6-7,11,13H2,1H3,(H,34,36). The van der Waals surface area contributed by atoms with E-state index in [0.29, 0.717) is 40.8 Å². The average Bonchev–Trinajstić information content (AvgIpc) is 3.42. The average molecular weight is 492 g/mol. The highest BCUT2D eigenvalue weighted by Gasteiger charge is 2.29. The van der Waals surface area contributed by atoms with Gasteiger partial charge in [0, 0.05) is 60.8 Å². The predicted octanol–water partition coefficient (Wildman–Crippen LogP) is 5.60. The Bertz CT molecular complexity index is 1480. The molecule has 8 heteroatoms. The molecule has 0 radical (unpaired) electrons. The summed E-state index contributed by atoms with van der Waals surface area (Å²) in [5, 5.41) is 2.80. The number of rotatable bonds is 6. The number of ketones is 1. The normalized spacial score (nSPS) is 14.4. The lowest BCUT2D eigenvalue weighted by Crippen LogP contribution is -2.15. The highest BCUT2D eigenvalue weighted by atomic mass is 19.1. The molecule has 3 aromatic carbocycles. The molecule has 1 N–H and O–H groups in total. The van der Waals surface area contributed by atoms with Crippen molar-refractivity contribution in [1.29, 1.82) is 0 Å². The van der Waals surface area contributed by atoms with Crippen molar-refractivity contribution in [3.05, 3.63) is 105 Å². The van der Waals surface area contributed by atoms with Gasteiger partial charge in [-0.1, -0.05) is 24.3 Å². The first-order valence-corrected chi connectivity index (χ1v) is 11.3. The molecule has 36 heavy (non-hydrogen) atoms. The Hall–Kier alpha value is -4.07. The molecule has 0 atom stereocenters. The van der Waals surface area contributed by atoms with Crippen LogP contribution < -0.4 is 5.32 Å². The van der Waals surface area contributed by atoms with Crippen LogP contribution >= 0.6 is 0 Å². The van der Waals surface area contributed by atoms with Gasteiger partial charge in [-0.15, -0.1) is 0 Å². The molecule has 3 aromatic rings. The van der Waals surface area contributed by atoms with Gasteiger partial charge in [-0.25, -0.2) is 17.6 Å². The number of halogens is 4. The second kappa shape index (κ2) is 9.18. The number of nitrogens with zero attached hydrogens (tertiary/aromatic N) is 1. The first-order valence-electron chi connectivity index (χ1n) is 11.3. The summed E-state index contributed by atoms with van der Waals surface area (Å²) in [5.74, 6) is -4.73. The van der Waals surface area contributed by atoms with Crippen molar-refractivity contribution in [1.82, 2.24) is 5.32 Å². The molecule has 0 unspecified atom stereocenters. The zero-order valence-electron chi connectivity index (χ0n) is 19.2. The van der Waals surface area contributed by atoms with Crippen molar-refractivity contribution in [2.24, 2.45) is 4.99 Å². The lowest BCUT2D eigenvalue weighted by molar-refractivity contribution is -0.117. The molecule has 5 rings (SSSR count). The molecule has 182 valence electrons. The highest BCUT2D eigenvalue weighted by Crippen LogP contribution is 2.35. The minimum absolute atomic E-state index is 0.239. The maximum absolute atomic E-state index is 15.2. The number of Topliss-reactive ketones (excluding diaryl/α,β-unsaturated/α-hetero) is 1. The number of fused-ring (bicyclic) bond motifs is 1. The molecule has 1 amide bonds. The Morgan fingerprint density at radius 3 is 2.28 bits per heavy atom. The van der Waals surface area contributed by atoms with Crippen molar-refractivity contribution in [3.63, 3.8) is 0 Å². The SMILES string of the molecule is CC1=CN=C(c2ccc(-c3ccc(CC(=O)Cc4c(F)cc(F)cc4F)cc3F)c3c2C(=O)NC3)C1. The summed E-state index contributed by atoms with van der Waals surface area (Å²) in [7, 11) is 0. The third kappa shape index (κ3) is 4.34. The first-order chi connectivity index (χ1) is 17.2. The zero-order chi connectivity index (χ0) is 25.6. The van der Waals surface area contributed by atoms with Gasteiger partial charge in [-0.05, 0) is 35.3 Å². The minimum atomic E-state index is -1.14. The van der Waals surface area contributed by atoms with Crippen LogP contribution in [0, 0.1) is 23.3 Å². The summed E-state index contributed by atoms with van der Waals surface area (Å²) < 4.78 is 56.0. The van der Waals surface area contributed by atoms with Gasteiger partial charge >= 0.3 is 0 Å². The lowest BCUT2D eigenvalue weighted by Gasteiger charge is -2.13. The van der Waals surface area contributed by atoms with Crippen molar-refractivity contribution >= 4 is 17.4 Å². The molecule has 0 saturated carbocycles. The Morgan fingerprint density at radius 1 is 0.917 bits per heavy atom. The van der Waals surface area contributed by atoms with Crippen LogP contribution in [0.5, 0.6) is 0 Å². The molecule has 0 spiro atoms. The van der Waals surface area contributed by atoms with Gasteiger partial charge in [-0.2, -0.15) is 0 Å². The third-order valence-electron chi connectivity index (χ3n) is 6.37. The Balaban J connectivity index is 1.40. The topological polar surface area (TPSA) is 58.5 Å². The highest BCUT2D eigenvalue weighted by molar-refractivity contribution is 6.14. The van der Waals surface area contributed by atoms with Gasteiger partial charge in [0.2, 0.25) is 0 Å². The van der Waals surface area contributed by atoms with Crippen molar-refractivity contribution < 1.29 is 27.2 Å². The second-order valence-corrected chi connectivity index (χ2v) is 8.98. The summed E-state index contributed by atoms with van der Waals surface area (Å²) >= 11 is 0. The fourth-order valence-electron chi connectivity index (χ4n) is 4.66. The monoisotopic (exact) mass is 492 g/mol. The molecule has 0 saturated heterocycles. The number of nitrogens with one attached hydrogen (secondary N) is 1. The summed E-state index contributed by atoms with van der Waals surface area (Å²) in [6.07, 6.45) is 1.57. The quantitative estimate of drug-likeness (QED) is 0.455. The number of carbonyl (C=O) groups excluding carboxylic acids is 2. The molecule has 0 aliphatic carbocycles. The third-order valence-corrected chi connectivity index (χ3v) is 6.37. The van der Waals surface area contributed by atoms with Gasteiger partial charge < -0.3 is 5.32 Å². The van der Waals surface area contributed by atoms with E-state index in [1.807, 2.05) is 6.92 Å². The summed E-state index contributed by atoms with van der Waals surface area (Å²) in [6, 6.07) is 8.84. The van der Waals surface area contributed by atoms with Gasteiger partial charge in [0.15, 0.2) is 0 Å². The molecular formula is C28H20F4N2O2. The van der Waals surface area contributed by atoms with Crippen LogP contribution in [0.2, 0.25) is 0 Å². The number of carbonyl (C=O) groups is 2. The van der Waals surface area contributed by atoms with Crippen LogP contribution in [0.25, 0.3) is 11.1 Å². The summed E-state index contributed by atoms with van der Waals surface area (Å²) in [4.78, 5) is 29.4. The molecule has 0 bridgehead atoms. The number of benzene rings is 3. The van der Waals surface area contributed by atoms with E-state index in [2.05, 4.69) is 10.3 Å². The van der Waals surface area contributed by atoms with E-state index in [0.717, 1.165) is 16.8 Å². The van der Waals surface area contributed by atoms with Crippen LogP contribution in [-0.4, -0.2) is 17.4 Å². The van der Waals surface area contributed by atoms with Crippen LogP contribution in [-0.2, 0) is 24.2 Å². The van der Waals surface area contributed by atoms with Gasteiger partial charge in [0.25, 0.3) is 5.91 Å². The summed E-state index contributed by atoms with van der Waals surface area (Å²) in [6.45, 7) is 2.21. The number of aliphatic imine (C=N–C) groups is 1. The second-order valence-electron chi connectivity index (χ2n) is 8.98. The predicted molar refractivity (Wildman–Crippen MR) is 127 cm³/mol. The van der Waals surface area contributed by atoms with E-state index in [1.54, 1.807) is 24.4 Å². The lowest BCUT2D eigenvalue weighted by atomic mass is 9.90. The van der Waals surface area contributed by atoms with E-state index in [-0.39, 0.29) is 24.4 Å². The van der Waals surface area contributed by atoms with Crippen LogP contribution in [0.4, 0.5) is 17.6 Å². The number of hydrogen-bond acceptors (Lipinski definition) is 3. The van der Waals surface area contributed by atoms with Crippen LogP contribution in [0.1, 0.15) is 46.0 Å². The van der Waals surface area contributed by atoms with E-state index in [4.69, 9.17) is 0 Å². The molecule has 2 heterocycles. The number of amides is 1. The van der Waals surface area contributed by atoms with Gasteiger partial charge in [-0.3, -0.25) is 14.6 Å². The fourth-order valence-corrected chi connectivity index (χ4v) is 4.66. The molecule has 2 aliphatic heterocycles. The summed E-state index contributed by atoms with van der Waals surface area (Å²) in [5.41, 5.74) is 4.38. The van der Waals surface area contributed by atoms with Crippen LogP contribution in [0.3, 0.4) is 0 Å². The zero-order valence-corrected chi connectivity index (χ0v) is 19.2. The van der Waals surface area contributed by atoms with Crippen molar-refractivity contribution in [3.8, 4) is 11.1 Å². The first kappa shape index (κ1) is 23.7. The number of allylic oxidation sites excluding steroid dienone is 1. The minimum Gasteiger partial charge on any atom is -0.348 e. The largest absolute Gasteiger partial charge is 0.348 e. The van der Waals surface area contributed by atoms with Gasteiger partial charge in [0.1, 0.15) is 29.1 Å². The van der Waals surface area contributed by atoms with E-state index in [9.17, 15) is 22.8 Å². The maximum Gasteiger partial charge on any atom is 0.252 e. The molecular weight excluding hydrogens is 472 g/mol. The fraction of sp³-hybridized carbons (Fsp3) is 0.179. The Labute approximate surface area is 204 Å². The van der Waals surface area contributed by atoms with Crippen molar-refractivity contribution in [2.45, 2.75) is 32.7 Å². The Morgan fingerprint density at radius 2 is 1.61 bits per heavy atom. The molecule has 4 nitrogen and oxygen atoms in total. The molecule has 0 aromatic heterocycles. The van der Waals surface area contributed by atoms with E-state index >= 15 is 4.39 Å². The smallest absolute Gasteiger partial charge is 0.252 e. The van der Waals surface area contributed by atoms with Crippen molar-refractivity contribution in [2.75, 3.05) is 0 Å². The van der Waals surface area contributed by atoms with Crippen LogP contribution in [0.15, 0.2) is 59.2 Å². The van der Waals surface area contributed by atoms with E-state index in [1.165, 1.54) is 12.1 Å². The molecule has 0 fully saturated rings. The van der Waals surface area contributed by atoms with Gasteiger partial charge in [0.05, 0.1) is 11.3 Å². The molecule has 2 aliphatic rings. The Kier molecular flexibility index (Phi) is 6.04. The number of hydrogen-bond donors (Lipinski definition) is 1. The van der Waals surface area contributed by atoms with E-state index < -0.39 is 41.0 Å². The maximum atomic E-state index is 15.2.